The minimum atomic E-state index is 0.283. The fourth-order valence-corrected chi connectivity index (χ4v) is 3.82. The van der Waals surface area contributed by atoms with Crippen LogP contribution in [0.2, 0.25) is 0 Å². The van der Waals surface area contributed by atoms with Gasteiger partial charge in [-0.25, -0.2) is 4.98 Å². The van der Waals surface area contributed by atoms with Gasteiger partial charge < -0.3 is 14.0 Å². The SMILES string of the molecule is Cc1ccc(-c2noc(C)c2COc2cc3c(cn2)CN(C2CCO2)CC3)cn1. The van der Waals surface area contributed by atoms with Crippen LogP contribution in [0.3, 0.4) is 0 Å². The fourth-order valence-electron chi connectivity index (χ4n) is 3.82. The molecule has 1 fully saturated rings. The highest BCUT2D eigenvalue weighted by Gasteiger charge is 2.29. The highest BCUT2D eigenvalue weighted by molar-refractivity contribution is 5.62. The van der Waals surface area contributed by atoms with E-state index < -0.39 is 0 Å². The number of hydrogen-bond acceptors (Lipinski definition) is 7. The minimum absolute atomic E-state index is 0.283. The van der Waals surface area contributed by atoms with Gasteiger partial charge in [-0.2, -0.15) is 0 Å². The van der Waals surface area contributed by atoms with Gasteiger partial charge in [0.25, 0.3) is 0 Å². The first kappa shape index (κ1) is 18.3. The smallest absolute Gasteiger partial charge is 0.213 e. The molecule has 150 valence electrons. The number of hydrogen-bond donors (Lipinski definition) is 0. The summed E-state index contributed by atoms with van der Waals surface area (Å²) in [4.78, 5) is 11.3. The molecule has 1 atom stereocenters. The molecule has 0 amide bonds. The second-order valence-electron chi connectivity index (χ2n) is 7.67. The lowest BCUT2D eigenvalue weighted by Crippen LogP contribution is -2.46. The van der Waals surface area contributed by atoms with E-state index in [1.807, 2.05) is 38.4 Å². The summed E-state index contributed by atoms with van der Waals surface area (Å²) < 4.78 is 17.0. The summed E-state index contributed by atoms with van der Waals surface area (Å²) in [7, 11) is 0. The molecule has 0 spiro atoms. The lowest BCUT2D eigenvalue weighted by molar-refractivity contribution is -0.149. The van der Waals surface area contributed by atoms with Crippen molar-refractivity contribution >= 4 is 0 Å². The lowest BCUT2D eigenvalue weighted by Gasteiger charge is -2.39. The quantitative estimate of drug-likeness (QED) is 0.658. The maximum Gasteiger partial charge on any atom is 0.213 e. The Morgan fingerprint density at radius 2 is 2.07 bits per heavy atom. The first-order chi connectivity index (χ1) is 14.2. The van der Waals surface area contributed by atoms with Gasteiger partial charge in [-0.05, 0) is 43.5 Å². The third-order valence-corrected chi connectivity index (χ3v) is 5.72. The summed E-state index contributed by atoms with van der Waals surface area (Å²) in [5.74, 6) is 1.38. The number of rotatable bonds is 5. The van der Waals surface area contributed by atoms with Crippen molar-refractivity contribution in [3.05, 3.63) is 58.7 Å². The first-order valence-corrected chi connectivity index (χ1v) is 10.0. The Morgan fingerprint density at radius 3 is 2.83 bits per heavy atom. The van der Waals surface area contributed by atoms with Crippen molar-refractivity contribution in [3.63, 3.8) is 0 Å². The van der Waals surface area contributed by atoms with Crippen molar-refractivity contribution in [2.24, 2.45) is 0 Å². The summed E-state index contributed by atoms with van der Waals surface area (Å²) in [6.45, 7) is 6.99. The largest absolute Gasteiger partial charge is 0.473 e. The van der Waals surface area contributed by atoms with Crippen LogP contribution in [0.15, 0.2) is 35.1 Å². The molecule has 5 rings (SSSR count). The fraction of sp³-hybridized carbons (Fsp3) is 0.409. The van der Waals surface area contributed by atoms with Crippen LogP contribution in [0.1, 0.15) is 34.6 Å². The van der Waals surface area contributed by atoms with E-state index in [-0.39, 0.29) is 6.23 Å². The highest BCUT2D eigenvalue weighted by atomic mass is 16.5. The Hall–Kier alpha value is -2.77. The van der Waals surface area contributed by atoms with Gasteiger partial charge in [0.05, 0.1) is 12.2 Å². The molecule has 7 heteroatoms. The van der Waals surface area contributed by atoms with Crippen LogP contribution in [-0.4, -0.2) is 39.4 Å². The molecule has 0 N–H and O–H groups in total. The topological polar surface area (TPSA) is 73.5 Å². The van der Waals surface area contributed by atoms with E-state index in [1.54, 1.807) is 0 Å². The molecule has 2 aliphatic rings. The summed E-state index contributed by atoms with van der Waals surface area (Å²) in [6, 6.07) is 6.02. The van der Waals surface area contributed by atoms with Gasteiger partial charge >= 0.3 is 0 Å². The Kier molecular flexibility index (Phi) is 4.77. The standard InChI is InChI=1S/C22H24N4O3/c1-14-3-4-17(10-23-14)22-19(15(2)29-25-22)13-28-20-9-16-5-7-26(21-6-8-27-21)12-18(16)11-24-20/h3-4,9-11,21H,5-8,12-13H2,1-2H3. The number of ether oxygens (including phenoxy) is 2. The van der Waals surface area contributed by atoms with Crippen LogP contribution in [0.25, 0.3) is 11.3 Å². The van der Waals surface area contributed by atoms with Crippen molar-refractivity contribution in [2.75, 3.05) is 13.2 Å². The average Bonchev–Trinajstić information content (AvgIpc) is 3.06. The second kappa shape index (κ2) is 7.57. The molecule has 3 aromatic rings. The van der Waals surface area contributed by atoms with Gasteiger partial charge in [0.1, 0.15) is 24.3 Å². The van der Waals surface area contributed by atoms with Gasteiger partial charge in [0, 0.05) is 49.2 Å². The van der Waals surface area contributed by atoms with Crippen LogP contribution < -0.4 is 4.74 Å². The Balaban J connectivity index is 1.30. The third kappa shape index (κ3) is 3.63. The summed E-state index contributed by atoms with van der Waals surface area (Å²) >= 11 is 0. The van der Waals surface area contributed by atoms with Crippen LogP contribution in [0.5, 0.6) is 5.88 Å². The van der Waals surface area contributed by atoms with Crippen molar-refractivity contribution in [1.82, 2.24) is 20.0 Å². The van der Waals surface area contributed by atoms with Crippen molar-refractivity contribution in [3.8, 4) is 17.1 Å². The molecule has 0 saturated carbocycles. The van der Waals surface area contributed by atoms with E-state index in [0.717, 1.165) is 60.8 Å². The lowest BCUT2D eigenvalue weighted by atomic mass is 10.0. The zero-order valence-corrected chi connectivity index (χ0v) is 16.7. The summed E-state index contributed by atoms with van der Waals surface area (Å²) in [6.07, 6.45) is 6.14. The Morgan fingerprint density at radius 1 is 1.17 bits per heavy atom. The van der Waals surface area contributed by atoms with Crippen LogP contribution >= 0.6 is 0 Å². The predicted molar refractivity (Wildman–Crippen MR) is 106 cm³/mol. The summed E-state index contributed by atoms with van der Waals surface area (Å²) in [5.41, 5.74) is 6.13. The summed E-state index contributed by atoms with van der Waals surface area (Å²) in [5, 5.41) is 4.20. The maximum atomic E-state index is 6.02. The Bertz CT molecular complexity index is 1010. The number of nitrogens with zero attached hydrogens (tertiary/aromatic N) is 4. The average molecular weight is 392 g/mol. The van der Waals surface area contributed by atoms with Gasteiger partial charge in [0.15, 0.2) is 0 Å². The van der Waals surface area contributed by atoms with E-state index in [2.05, 4.69) is 26.1 Å². The molecule has 5 heterocycles. The number of pyridine rings is 2. The molecule has 1 unspecified atom stereocenters. The molecule has 3 aromatic heterocycles. The van der Waals surface area contributed by atoms with E-state index in [9.17, 15) is 0 Å². The molecule has 0 aliphatic carbocycles. The maximum absolute atomic E-state index is 6.02. The van der Waals surface area contributed by atoms with Crippen molar-refractivity contribution in [1.29, 1.82) is 0 Å². The predicted octanol–water partition coefficient (Wildman–Crippen LogP) is 3.43. The monoisotopic (exact) mass is 392 g/mol. The molecule has 0 radical (unpaired) electrons. The van der Waals surface area contributed by atoms with Crippen LogP contribution in [-0.2, 0) is 24.3 Å². The molecule has 0 aromatic carbocycles. The molecular formula is C22H24N4O3. The van der Waals surface area contributed by atoms with Gasteiger partial charge in [0.2, 0.25) is 5.88 Å². The van der Waals surface area contributed by atoms with Gasteiger partial charge in [-0.15, -0.1) is 0 Å². The third-order valence-electron chi connectivity index (χ3n) is 5.72. The van der Waals surface area contributed by atoms with Gasteiger partial charge in [-0.3, -0.25) is 9.88 Å². The Labute approximate surface area is 169 Å². The molecule has 29 heavy (non-hydrogen) atoms. The zero-order valence-electron chi connectivity index (χ0n) is 16.7. The number of aromatic nitrogens is 3. The van der Waals surface area contributed by atoms with Crippen LogP contribution in [0.4, 0.5) is 0 Å². The van der Waals surface area contributed by atoms with E-state index in [0.29, 0.717) is 12.5 Å². The van der Waals surface area contributed by atoms with E-state index in [4.69, 9.17) is 14.0 Å². The van der Waals surface area contributed by atoms with Gasteiger partial charge in [-0.1, -0.05) is 5.16 Å². The van der Waals surface area contributed by atoms with Crippen LogP contribution in [0, 0.1) is 13.8 Å². The highest BCUT2D eigenvalue weighted by Crippen LogP contribution is 2.29. The minimum Gasteiger partial charge on any atom is -0.473 e. The number of aryl methyl sites for hydroxylation is 2. The normalized spacial score (nSPS) is 18.9. The van der Waals surface area contributed by atoms with E-state index in [1.165, 1.54) is 11.1 Å². The molecule has 0 bridgehead atoms. The molecule has 7 nitrogen and oxygen atoms in total. The number of fused-ring (bicyclic) bond motifs is 1. The van der Waals surface area contributed by atoms with Crippen molar-refractivity contribution < 1.29 is 14.0 Å². The molecular weight excluding hydrogens is 368 g/mol. The molecule has 2 aliphatic heterocycles. The zero-order chi connectivity index (χ0) is 19.8. The second-order valence-corrected chi connectivity index (χ2v) is 7.67. The molecule has 1 saturated heterocycles. The first-order valence-electron chi connectivity index (χ1n) is 10.0. The van der Waals surface area contributed by atoms with Crippen molar-refractivity contribution in [2.45, 2.75) is 46.1 Å². The van der Waals surface area contributed by atoms with E-state index >= 15 is 0 Å².